The van der Waals surface area contributed by atoms with Crippen molar-refractivity contribution in [2.24, 2.45) is 0 Å². The van der Waals surface area contributed by atoms with Gasteiger partial charge >= 0.3 is 0 Å². The van der Waals surface area contributed by atoms with Crippen LogP contribution >= 0.6 is 0 Å². The van der Waals surface area contributed by atoms with Crippen molar-refractivity contribution >= 4 is 8.07 Å². The average Bonchev–Trinajstić information content (AvgIpc) is 3.53. The number of epoxide rings is 2. The van der Waals surface area contributed by atoms with Crippen molar-refractivity contribution in [3.63, 3.8) is 0 Å². The van der Waals surface area contributed by atoms with E-state index in [1.165, 1.54) is 50.6 Å². The molecule has 6 unspecified atom stereocenters. The van der Waals surface area contributed by atoms with Crippen LogP contribution in [0.25, 0.3) is 0 Å². The zero-order valence-corrected chi connectivity index (χ0v) is 15.8. The third-order valence-corrected chi connectivity index (χ3v) is 14.4. The third kappa shape index (κ3) is 2.69. The van der Waals surface area contributed by atoms with Gasteiger partial charge in [-0.3, -0.25) is 0 Å². The molecule has 5 rings (SSSR count). The average molecular weight is 343 g/mol. The van der Waals surface area contributed by atoms with Gasteiger partial charge in [0.15, 0.2) is 0 Å². The predicted octanol–water partition coefficient (Wildman–Crippen LogP) is 4.88. The molecule has 0 amide bonds. The first-order valence-electron chi connectivity index (χ1n) is 10.1. The van der Waals surface area contributed by atoms with Gasteiger partial charge in [0.25, 0.3) is 0 Å². The molecular weight excluding hydrogens is 312 g/mol. The Morgan fingerprint density at radius 2 is 1.42 bits per heavy atom. The molecule has 3 heteroatoms. The lowest BCUT2D eigenvalue weighted by molar-refractivity contribution is 0.372. The van der Waals surface area contributed by atoms with E-state index in [1.807, 2.05) is 0 Å². The van der Waals surface area contributed by atoms with Gasteiger partial charge in [0.05, 0.1) is 32.5 Å². The van der Waals surface area contributed by atoms with Crippen LogP contribution in [0.1, 0.15) is 51.0 Å². The van der Waals surface area contributed by atoms with E-state index in [9.17, 15) is 0 Å². The van der Waals surface area contributed by atoms with E-state index < -0.39 is 8.07 Å². The van der Waals surface area contributed by atoms with E-state index in [0.717, 1.165) is 11.1 Å². The highest BCUT2D eigenvalue weighted by molar-refractivity contribution is 6.82. The molecule has 0 aromatic heterocycles. The van der Waals surface area contributed by atoms with Gasteiger partial charge in [-0.25, -0.2) is 0 Å². The van der Waals surface area contributed by atoms with Crippen LogP contribution in [-0.4, -0.2) is 32.5 Å². The molecular formula is C21H30O2Si. The highest BCUT2D eigenvalue weighted by Gasteiger charge is 2.56. The Labute approximate surface area is 146 Å². The molecule has 0 radical (unpaired) electrons. The van der Waals surface area contributed by atoms with Gasteiger partial charge in [-0.1, -0.05) is 61.7 Å². The van der Waals surface area contributed by atoms with Crippen LogP contribution in [0.5, 0.6) is 0 Å². The summed E-state index contributed by atoms with van der Waals surface area (Å²) in [5, 5.41) is 0. The van der Waals surface area contributed by atoms with Crippen LogP contribution in [0, 0.1) is 0 Å². The molecule has 6 atom stereocenters. The molecule has 1 aromatic rings. The van der Waals surface area contributed by atoms with Gasteiger partial charge in [0.1, 0.15) is 0 Å². The number of hydrogen-bond donors (Lipinski definition) is 0. The SMILES string of the molecule is CC[Si](Cc1ccccc1)(C1CCC2OC2C1)C1CCC2OC2C1. The van der Waals surface area contributed by atoms with E-state index in [2.05, 4.69) is 37.3 Å². The summed E-state index contributed by atoms with van der Waals surface area (Å²) in [6, 6.07) is 14.2. The van der Waals surface area contributed by atoms with Crippen molar-refractivity contribution in [2.45, 2.75) is 93.0 Å². The molecule has 0 spiro atoms. The second-order valence-corrected chi connectivity index (χ2v) is 13.9. The Hall–Kier alpha value is -0.643. The normalized spacial score (nSPS) is 42.5. The summed E-state index contributed by atoms with van der Waals surface area (Å²) in [4.78, 5) is 0. The van der Waals surface area contributed by atoms with Crippen LogP contribution in [0.15, 0.2) is 30.3 Å². The van der Waals surface area contributed by atoms with Crippen LogP contribution < -0.4 is 0 Å². The van der Waals surface area contributed by atoms with Crippen molar-refractivity contribution in [3.05, 3.63) is 35.9 Å². The summed E-state index contributed by atoms with van der Waals surface area (Å²) in [6.07, 6.45) is 10.7. The highest BCUT2D eigenvalue weighted by atomic mass is 28.3. The Morgan fingerprint density at radius 3 is 1.92 bits per heavy atom. The molecule has 24 heavy (non-hydrogen) atoms. The fraction of sp³-hybridized carbons (Fsp3) is 0.714. The number of fused-ring (bicyclic) bond motifs is 2. The second kappa shape index (κ2) is 5.96. The minimum Gasteiger partial charge on any atom is -0.370 e. The predicted molar refractivity (Wildman–Crippen MR) is 98.9 cm³/mol. The first-order valence-corrected chi connectivity index (χ1v) is 12.7. The molecule has 4 fully saturated rings. The fourth-order valence-electron chi connectivity index (χ4n) is 6.15. The second-order valence-electron chi connectivity index (χ2n) is 8.70. The molecule has 1 aromatic carbocycles. The summed E-state index contributed by atoms with van der Waals surface area (Å²) in [5.74, 6) is 0. The van der Waals surface area contributed by atoms with Crippen LogP contribution in [0.4, 0.5) is 0 Å². The maximum Gasteiger partial charge on any atom is 0.0841 e. The highest BCUT2D eigenvalue weighted by Crippen LogP contribution is 2.56. The lowest BCUT2D eigenvalue weighted by Gasteiger charge is -2.47. The largest absolute Gasteiger partial charge is 0.370 e. The van der Waals surface area contributed by atoms with Crippen molar-refractivity contribution in [1.29, 1.82) is 0 Å². The lowest BCUT2D eigenvalue weighted by Crippen LogP contribution is -2.49. The maximum absolute atomic E-state index is 5.91. The van der Waals surface area contributed by atoms with Gasteiger partial charge in [-0.2, -0.15) is 0 Å². The van der Waals surface area contributed by atoms with E-state index in [0.29, 0.717) is 24.4 Å². The molecule has 2 nitrogen and oxygen atoms in total. The fourth-order valence-corrected chi connectivity index (χ4v) is 12.7. The standard InChI is InChI=1S/C21H30O2Si/c1-2-24(14-15-6-4-3-5-7-15,16-8-10-18-20(12-16)22-18)17-9-11-19-21(13-17)23-19/h3-7,16-21H,2,8-14H2,1H3. The molecule has 0 bridgehead atoms. The smallest absolute Gasteiger partial charge is 0.0841 e. The Bertz CT molecular complexity index is 561. The zero-order valence-electron chi connectivity index (χ0n) is 14.8. The first kappa shape index (κ1) is 15.6. The summed E-state index contributed by atoms with van der Waals surface area (Å²) >= 11 is 0. The Balaban J connectivity index is 1.45. The molecule has 130 valence electrons. The van der Waals surface area contributed by atoms with E-state index in [4.69, 9.17) is 9.47 Å². The molecule has 2 saturated heterocycles. The summed E-state index contributed by atoms with van der Waals surface area (Å²) < 4.78 is 11.8. The summed E-state index contributed by atoms with van der Waals surface area (Å²) in [5.41, 5.74) is 3.52. The van der Waals surface area contributed by atoms with Gasteiger partial charge < -0.3 is 9.47 Å². The molecule has 2 aliphatic heterocycles. The monoisotopic (exact) mass is 342 g/mol. The minimum atomic E-state index is -1.40. The van der Waals surface area contributed by atoms with Gasteiger partial charge in [0.2, 0.25) is 0 Å². The van der Waals surface area contributed by atoms with Gasteiger partial charge in [-0.05, 0) is 42.8 Å². The first-order chi connectivity index (χ1) is 11.8. The Morgan fingerprint density at radius 1 is 0.833 bits per heavy atom. The van der Waals surface area contributed by atoms with Gasteiger partial charge in [0, 0.05) is 0 Å². The van der Waals surface area contributed by atoms with Crippen molar-refractivity contribution in [3.8, 4) is 0 Å². The number of ether oxygens (including phenoxy) is 2. The number of benzene rings is 1. The zero-order chi connectivity index (χ0) is 16.1. The minimum absolute atomic E-state index is 0.617. The van der Waals surface area contributed by atoms with Crippen LogP contribution in [0.2, 0.25) is 17.1 Å². The van der Waals surface area contributed by atoms with Crippen molar-refractivity contribution < 1.29 is 9.47 Å². The summed E-state index contributed by atoms with van der Waals surface area (Å²) in [7, 11) is -1.40. The van der Waals surface area contributed by atoms with Crippen LogP contribution in [0.3, 0.4) is 0 Å². The van der Waals surface area contributed by atoms with Crippen molar-refractivity contribution in [2.75, 3.05) is 0 Å². The quantitative estimate of drug-likeness (QED) is 0.563. The van der Waals surface area contributed by atoms with E-state index >= 15 is 0 Å². The maximum atomic E-state index is 5.91. The van der Waals surface area contributed by atoms with Gasteiger partial charge in [-0.15, -0.1) is 0 Å². The van der Waals surface area contributed by atoms with E-state index in [1.54, 1.807) is 5.56 Å². The summed E-state index contributed by atoms with van der Waals surface area (Å²) in [6.45, 7) is 2.51. The third-order valence-electron chi connectivity index (χ3n) is 7.67. The number of rotatable bonds is 5. The number of hydrogen-bond acceptors (Lipinski definition) is 2. The van der Waals surface area contributed by atoms with Crippen LogP contribution in [-0.2, 0) is 15.5 Å². The Kier molecular flexibility index (Phi) is 3.88. The molecule has 4 aliphatic rings. The lowest BCUT2D eigenvalue weighted by atomic mass is 9.99. The molecule has 2 saturated carbocycles. The molecule has 2 heterocycles. The van der Waals surface area contributed by atoms with E-state index in [-0.39, 0.29) is 0 Å². The molecule has 0 N–H and O–H groups in total. The van der Waals surface area contributed by atoms with Crippen molar-refractivity contribution in [1.82, 2.24) is 0 Å². The molecule has 2 aliphatic carbocycles. The topological polar surface area (TPSA) is 25.1 Å².